The molecule has 2 N–H and O–H groups in total. The van der Waals surface area contributed by atoms with Gasteiger partial charge in [-0.15, -0.1) is 0 Å². The lowest BCUT2D eigenvalue weighted by molar-refractivity contribution is -0.138. The predicted molar refractivity (Wildman–Crippen MR) is 58.1 cm³/mol. The minimum atomic E-state index is -3.22. The van der Waals surface area contributed by atoms with E-state index in [0.717, 1.165) is 0 Å². The van der Waals surface area contributed by atoms with E-state index in [1.54, 1.807) is 6.92 Å². The fourth-order valence-electron chi connectivity index (χ4n) is 1.19. The van der Waals surface area contributed by atoms with Crippen LogP contribution in [0.3, 0.4) is 0 Å². The Morgan fingerprint density at radius 3 is 2.40 bits per heavy atom. The molecule has 0 bridgehead atoms. The Morgan fingerprint density at radius 1 is 1.40 bits per heavy atom. The predicted octanol–water partition coefficient (Wildman–Crippen LogP) is 0.817. The van der Waals surface area contributed by atoms with Crippen LogP contribution in [0.4, 0.5) is 0 Å². The summed E-state index contributed by atoms with van der Waals surface area (Å²) < 4.78 is 25.0. The summed E-state index contributed by atoms with van der Waals surface area (Å²) >= 11 is 0. The van der Waals surface area contributed by atoms with Gasteiger partial charge < -0.3 is 5.11 Å². The van der Waals surface area contributed by atoms with E-state index in [9.17, 15) is 13.2 Å². The van der Waals surface area contributed by atoms with Crippen molar-refractivity contribution in [2.45, 2.75) is 33.1 Å². The summed E-state index contributed by atoms with van der Waals surface area (Å²) in [6.07, 6.45) is 1.22. The van der Waals surface area contributed by atoms with Gasteiger partial charge in [0.1, 0.15) is 0 Å². The van der Waals surface area contributed by atoms with E-state index in [4.69, 9.17) is 5.11 Å². The summed E-state index contributed by atoms with van der Waals surface area (Å²) in [5.74, 6) is -0.929. The SMILES string of the molecule is CCCS(=O)(=O)NCC(CC)CC(=O)O. The average Bonchev–Trinajstić information content (AvgIpc) is 2.11. The maximum Gasteiger partial charge on any atom is 0.303 e. The molecule has 0 fully saturated rings. The van der Waals surface area contributed by atoms with Crippen molar-refractivity contribution >= 4 is 16.0 Å². The second-order valence-corrected chi connectivity index (χ2v) is 5.47. The number of sulfonamides is 1. The van der Waals surface area contributed by atoms with Gasteiger partial charge in [-0.2, -0.15) is 0 Å². The van der Waals surface area contributed by atoms with Crippen LogP contribution in [-0.4, -0.2) is 31.8 Å². The van der Waals surface area contributed by atoms with Crippen molar-refractivity contribution in [1.82, 2.24) is 4.72 Å². The molecule has 1 atom stereocenters. The van der Waals surface area contributed by atoms with Gasteiger partial charge in [-0.1, -0.05) is 20.3 Å². The first kappa shape index (κ1) is 14.4. The third-order valence-electron chi connectivity index (χ3n) is 2.11. The molecule has 0 aliphatic rings. The Morgan fingerprint density at radius 2 is 2.00 bits per heavy atom. The highest BCUT2D eigenvalue weighted by molar-refractivity contribution is 7.89. The van der Waals surface area contributed by atoms with Crippen LogP contribution in [0.25, 0.3) is 0 Å². The largest absolute Gasteiger partial charge is 0.481 e. The number of carbonyl (C=O) groups is 1. The van der Waals surface area contributed by atoms with Gasteiger partial charge in [-0.25, -0.2) is 13.1 Å². The maximum atomic E-state index is 11.3. The number of hydrogen-bond donors (Lipinski definition) is 2. The fourth-order valence-corrected chi connectivity index (χ4v) is 2.36. The number of carboxylic acid groups (broad SMARTS) is 1. The third-order valence-corrected chi connectivity index (χ3v) is 3.66. The van der Waals surface area contributed by atoms with E-state index in [0.29, 0.717) is 12.8 Å². The summed E-state index contributed by atoms with van der Waals surface area (Å²) in [5, 5.41) is 8.57. The highest BCUT2D eigenvalue weighted by atomic mass is 32.2. The molecule has 5 nitrogen and oxygen atoms in total. The third kappa shape index (κ3) is 7.33. The summed E-state index contributed by atoms with van der Waals surface area (Å²) in [7, 11) is -3.22. The lowest BCUT2D eigenvalue weighted by Gasteiger charge is -2.13. The highest BCUT2D eigenvalue weighted by Gasteiger charge is 2.15. The lowest BCUT2D eigenvalue weighted by atomic mass is 10.0. The second kappa shape index (κ2) is 6.79. The molecule has 0 saturated heterocycles. The Balaban J connectivity index is 4.05. The summed E-state index contributed by atoms with van der Waals surface area (Å²) in [4.78, 5) is 10.4. The van der Waals surface area contributed by atoms with Crippen molar-refractivity contribution in [3.63, 3.8) is 0 Å². The second-order valence-electron chi connectivity index (χ2n) is 3.54. The first-order valence-electron chi connectivity index (χ1n) is 5.10. The molecule has 1 unspecified atom stereocenters. The minimum absolute atomic E-state index is 0.00510. The summed E-state index contributed by atoms with van der Waals surface area (Å²) in [6, 6.07) is 0. The van der Waals surface area contributed by atoms with Crippen molar-refractivity contribution in [3.8, 4) is 0 Å². The Bertz CT molecular complexity index is 286. The number of aliphatic carboxylic acids is 1. The Kier molecular flexibility index (Phi) is 6.51. The smallest absolute Gasteiger partial charge is 0.303 e. The van der Waals surface area contributed by atoms with Gasteiger partial charge in [0.05, 0.1) is 5.75 Å². The van der Waals surface area contributed by atoms with Gasteiger partial charge in [0.2, 0.25) is 10.0 Å². The first-order valence-corrected chi connectivity index (χ1v) is 6.75. The molecule has 0 rings (SSSR count). The van der Waals surface area contributed by atoms with Crippen LogP contribution < -0.4 is 4.72 Å². The quantitative estimate of drug-likeness (QED) is 0.654. The summed E-state index contributed by atoms with van der Waals surface area (Å²) in [5.41, 5.74) is 0. The molecule has 0 heterocycles. The Labute approximate surface area is 90.9 Å². The van der Waals surface area contributed by atoms with Gasteiger partial charge in [0.25, 0.3) is 0 Å². The number of rotatable bonds is 8. The molecule has 0 aliphatic carbocycles. The van der Waals surface area contributed by atoms with Crippen molar-refractivity contribution < 1.29 is 18.3 Å². The molecule has 0 spiro atoms. The topological polar surface area (TPSA) is 83.5 Å². The van der Waals surface area contributed by atoms with Crippen LogP contribution in [0, 0.1) is 5.92 Å². The van der Waals surface area contributed by atoms with Crippen LogP contribution >= 0.6 is 0 Å². The van der Waals surface area contributed by atoms with E-state index in [1.807, 2.05) is 6.92 Å². The van der Waals surface area contributed by atoms with Crippen LogP contribution in [0.2, 0.25) is 0 Å². The number of carboxylic acids is 1. The molecule has 15 heavy (non-hydrogen) atoms. The van der Waals surface area contributed by atoms with Gasteiger partial charge >= 0.3 is 5.97 Å². The van der Waals surface area contributed by atoms with E-state index in [1.165, 1.54) is 0 Å². The van der Waals surface area contributed by atoms with Crippen molar-refractivity contribution in [3.05, 3.63) is 0 Å². The molecule has 0 radical (unpaired) electrons. The minimum Gasteiger partial charge on any atom is -0.481 e. The van der Waals surface area contributed by atoms with Crippen LogP contribution in [0.1, 0.15) is 33.1 Å². The molecular formula is C9H19NO4S. The normalized spacial score (nSPS) is 13.7. The molecule has 0 aromatic carbocycles. The van der Waals surface area contributed by atoms with E-state index < -0.39 is 16.0 Å². The zero-order chi connectivity index (χ0) is 11.9. The zero-order valence-electron chi connectivity index (χ0n) is 9.19. The monoisotopic (exact) mass is 237 g/mol. The molecule has 6 heteroatoms. The van der Waals surface area contributed by atoms with Gasteiger partial charge in [-0.3, -0.25) is 4.79 Å². The molecule has 0 aromatic heterocycles. The molecule has 90 valence electrons. The van der Waals surface area contributed by atoms with Gasteiger partial charge in [0, 0.05) is 13.0 Å². The standard InChI is InChI=1S/C9H19NO4S/c1-3-5-15(13,14)10-7-8(4-2)6-9(11)12/h8,10H,3-7H2,1-2H3,(H,11,12). The van der Waals surface area contributed by atoms with Crippen LogP contribution in [0.5, 0.6) is 0 Å². The average molecular weight is 237 g/mol. The summed E-state index contributed by atoms with van der Waals surface area (Å²) in [6.45, 7) is 3.85. The van der Waals surface area contributed by atoms with Crippen LogP contribution in [-0.2, 0) is 14.8 Å². The molecule has 0 saturated carbocycles. The van der Waals surface area contributed by atoms with Gasteiger partial charge in [-0.05, 0) is 12.3 Å². The number of hydrogen-bond acceptors (Lipinski definition) is 3. The van der Waals surface area contributed by atoms with Gasteiger partial charge in [0.15, 0.2) is 0 Å². The van der Waals surface area contributed by atoms with E-state index in [2.05, 4.69) is 4.72 Å². The Hall–Kier alpha value is -0.620. The fraction of sp³-hybridized carbons (Fsp3) is 0.889. The zero-order valence-corrected chi connectivity index (χ0v) is 10.0. The van der Waals surface area contributed by atoms with E-state index in [-0.39, 0.29) is 24.6 Å². The van der Waals surface area contributed by atoms with E-state index >= 15 is 0 Å². The van der Waals surface area contributed by atoms with Crippen molar-refractivity contribution in [1.29, 1.82) is 0 Å². The molecule has 0 aromatic rings. The van der Waals surface area contributed by atoms with Crippen LogP contribution in [0.15, 0.2) is 0 Å². The van der Waals surface area contributed by atoms with Crippen molar-refractivity contribution in [2.75, 3.05) is 12.3 Å². The van der Waals surface area contributed by atoms with Crippen molar-refractivity contribution in [2.24, 2.45) is 5.92 Å². The molecule has 0 aliphatic heterocycles. The molecular weight excluding hydrogens is 218 g/mol. The lowest BCUT2D eigenvalue weighted by Crippen LogP contribution is -2.31. The maximum absolute atomic E-state index is 11.3. The molecule has 0 amide bonds. The highest BCUT2D eigenvalue weighted by Crippen LogP contribution is 2.07. The first-order chi connectivity index (χ1) is 6.91. The number of nitrogens with one attached hydrogen (secondary N) is 1.